The second-order valence-corrected chi connectivity index (χ2v) is 11.0. The lowest BCUT2D eigenvalue weighted by Gasteiger charge is -2.35. The average Bonchev–Trinajstić information content (AvgIpc) is 2.86. The van der Waals surface area contributed by atoms with Gasteiger partial charge in [0.05, 0.1) is 11.3 Å². The summed E-state index contributed by atoms with van der Waals surface area (Å²) >= 11 is 1.56. The molecule has 0 bridgehead atoms. The second-order valence-electron chi connectivity index (χ2n) is 9.67. The van der Waals surface area contributed by atoms with Crippen molar-refractivity contribution in [2.75, 3.05) is 70.3 Å². The van der Waals surface area contributed by atoms with Crippen molar-refractivity contribution in [3.8, 4) is 0 Å². The summed E-state index contributed by atoms with van der Waals surface area (Å²) in [6, 6.07) is 4.15. The van der Waals surface area contributed by atoms with Gasteiger partial charge >= 0.3 is 6.18 Å². The van der Waals surface area contributed by atoms with Gasteiger partial charge in [0.15, 0.2) is 0 Å². The van der Waals surface area contributed by atoms with Gasteiger partial charge in [-0.2, -0.15) is 13.2 Å². The number of halogens is 3. The van der Waals surface area contributed by atoms with Crippen LogP contribution >= 0.6 is 11.8 Å². The van der Waals surface area contributed by atoms with Crippen molar-refractivity contribution in [3.63, 3.8) is 0 Å². The third kappa shape index (κ3) is 9.12. The molecule has 0 saturated carbocycles. The summed E-state index contributed by atoms with van der Waals surface area (Å²) in [4.78, 5) is 11.6. The normalized spacial score (nSPS) is 20.8. The van der Waals surface area contributed by atoms with Crippen molar-refractivity contribution in [3.05, 3.63) is 47.0 Å². The summed E-state index contributed by atoms with van der Waals surface area (Å²) in [5, 5.41) is 0. The number of rotatable bonds is 10. The van der Waals surface area contributed by atoms with Gasteiger partial charge in [-0.25, -0.2) is 0 Å². The van der Waals surface area contributed by atoms with E-state index in [2.05, 4.69) is 40.7 Å². The Morgan fingerprint density at radius 2 is 1.58 bits per heavy atom. The highest BCUT2D eigenvalue weighted by molar-refractivity contribution is 8.03. The quantitative estimate of drug-likeness (QED) is 0.343. The maximum atomic E-state index is 13.5. The Morgan fingerprint density at radius 3 is 2.22 bits per heavy atom. The number of alkyl halides is 3. The van der Waals surface area contributed by atoms with Gasteiger partial charge < -0.3 is 19.6 Å². The molecule has 0 aliphatic carbocycles. The van der Waals surface area contributed by atoms with Crippen LogP contribution in [0.25, 0.3) is 0 Å². The van der Waals surface area contributed by atoms with E-state index < -0.39 is 11.7 Å². The molecular formula is C28H43F3N4S. The fraction of sp³-hybridized carbons (Fsp3) is 0.643. The summed E-state index contributed by atoms with van der Waals surface area (Å²) in [5.74, 6) is 0. The molecule has 4 nitrogen and oxygen atoms in total. The number of hydrogen-bond acceptors (Lipinski definition) is 5. The van der Waals surface area contributed by atoms with Crippen LogP contribution in [0.5, 0.6) is 0 Å². The van der Waals surface area contributed by atoms with Crippen molar-refractivity contribution in [1.82, 2.24) is 14.7 Å². The van der Waals surface area contributed by atoms with Crippen LogP contribution in [0.3, 0.4) is 0 Å². The maximum Gasteiger partial charge on any atom is 0.416 e. The number of anilines is 1. The molecule has 1 fully saturated rings. The number of benzene rings is 1. The highest BCUT2D eigenvalue weighted by Crippen LogP contribution is 2.40. The number of thioether (sulfide) groups is 1. The first kappa shape index (κ1) is 29.1. The molecule has 2 aliphatic rings. The Kier molecular flexibility index (Phi) is 11.7. The zero-order valence-electron chi connectivity index (χ0n) is 22.2. The summed E-state index contributed by atoms with van der Waals surface area (Å²) < 4.78 is 40.5. The van der Waals surface area contributed by atoms with Crippen LogP contribution < -0.4 is 4.90 Å². The molecular weight excluding hydrogens is 481 g/mol. The van der Waals surface area contributed by atoms with Crippen LogP contribution in [0.4, 0.5) is 18.9 Å². The highest BCUT2D eigenvalue weighted by Gasteiger charge is 2.31. The average molecular weight is 525 g/mol. The van der Waals surface area contributed by atoms with E-state index in [0.29, 0.717) is 12.2 Å². The van der Waals surface area contributed by atoms with E-state index in [-0.39, 0.29) is 0 Å². The monoisotopic (exact) mass is 524 g/mol. The maximum absolute atomic E-state index is 13.5. The Morgan fingerprint density at radius 1 is 0.917 bits per heavy atom. The van der Waals surface area contributed by atoms with E-state index in [1.165, 1.54) is 25.1 Å². The van der Waals surface area contributed by atoms with Gasteiger partial charge in [-0.1, -0.05) is 37.8 Å². The van der Waals surface area contributed by atoms with Gasteiger partial charge in [-0.15, -0.1) is 0 Å². The molecule has 2 aliphatic heterocycles. The smallest absolute Gasteiger partial charge is 0.347 e. The molecule has 36 heavy (non-hydrogen) atoms. The molecule has 3 rings (SSSR count). The van der Waals surface area contributed by atoms with E-state index in [4.69, 9.17) is 0 Å². The summed E-state index contributed by atoms with van der Waals surface area (Å²) in [7, 11) is 0. The van der Waals surface area contributed by atoms with Gasteiger partial charge in [0.1, 0.15) is 0 Å². The molecule has 0 unspecified atom stereocenters. The van der Waals surface area contributed by atoms with E-state index in [9.17, 15) is 13.2 Å². The summed E-state index contributed by atoms with van der Waals surface area (Å²) in [6.45, 7) is 17.0. The van der Waals surface area contributed by atoms with Crippen molar-refractivity contribution < 1.29 is 13.2 Å². The van der Waals surface area contributed by atoms with E-state index >= 15 is 0 Å². The number of allylic oxidation sites excluding steroid dienone is 3. The summed E-state index contributed by atoms with van der Waals surface area (Å²) in [5.41, 5.74) is 0.0646. The second kappa shape index (κ2) is 14.5. The van der Waals surface area contributed by atoms with Crippen molar-refractivity contribution in [2.24, 2.45) is 0 Å². The van der Waals surface area contributed by atoms with Crippen LogP contribution in [0.1, 0.15) is 52.0 Å². The molecule has 0 radical (unpaired) electrons. The molecule has 1 aromatic carbocycles. The summed E-state index contributed by atoms with van der Waals surface area (Å²) in [6.07, 6.45) is 5.85. The number of piperazine rings is 1. The number of fused-ring (bicyclic) bond motifs is 1. The first-order valence-corrected chi connectivity index (χ1v) is 14.3. The van der Waals surface area contributed by atoms with Crippen LogP contribution in [0.15, 0.2) is 46.4 Å². The minimum absolute atomic E-state index is 0.587. The van der Waals surface area contributed by atoms with E-state index in [1.807, 2.05) is 18.0 Å². The highest BCUT2D eigenvalue weighted by atomic mass is 32.2. The van der Waals surface area contributed by atoms with E-state index in [0.717, 1.165) is 81.4 Å². The van der Waals surface area contributed by atoms with Gasteiger partial charge in [-0.05, 0) is 88.4 Å². The Hall–Kier alpha value is -1.48. The van der Waals surface area contributed by atoms with Crippen molar-refractivity contribution >= 4 is 17.4 Å². The fourth-order valence-electron chi connectivity index (χ4n) is 4.84. The van der Waals surface area contributed by atoms with Gasteiger partial charge in [0.25, 0.3) is 0 Å². The first-order valence-electron chi connectivity index (χ1n) is 13.5. The van der Waals surface area contributed by atoms with Gasteiger partial charge in [-0.3, -0.25) is 0 Å². The molecule has 0 aromatic heterocycles. The molecule has 8 heteroatoms. The Balaban J connectivity index is 1.55. The largest absolute Gasteiger partial charge is 0.416 e. The molecule has 1 saturated heterocycles. The van der Waals surface area contributed by atoms with Crippen LogP contribution in [-0.2, 0) is 6.18 Å². The number of hydrogen-bond donors (Lipinski definition) is 0. The third-order valence-corrected chi connectivity index (χ3v) is 8.15. The van der Waals surface area contributed by atoms with Crippen molar-refractivity contribution in [2.45, 2.75) is 57.5 Å². The third-order valence-electron chi connectivity index (χ3n) is 7.10. The minimum Gasteiger partial charge on any atom is -0.347 e. The van der Waals surface area contributed by atoms with Crippen molar-refractivity contribution in [1.29, 1.82) is 0 Å². The first-order chi connectivity index (χ1) is 17.3. The zero-order valence-corrected chi connectivity index (χ0v) is 23.0. The molecule has 0 N–H and O–H groups in total. The lowest BCUT2D eigenvalue weighted by Crippen LogP contribution is -2.47. The lowest BCUT2D eigenvalue weighted by molar-refractivity contribution is -0.137. The topological polar surface area (TPSA) is 13.0 Å². The SMILES string of the molecule is CCN(CC)CCCN1CCN(CCCN2/C=C/CC/C=C(\C)Sc3ccc(C(F)(F)F)cc32)CC1. The van der Waals surface area contributed by atoms with Crippen LogP contribution in [0, 0.1) is 0 Å². The molecule has 202 valence electrons. The Bertz CT molecular complexity index is 859. The molecule has 2 heterocycles. The predicted octanol–water partition coefficient (Wildman–Crippen LogP) is 6.55. The van der Waals surface area contributed by atoms with Gasteiger partial charge in [0, 0.05) is 43.8 Å². The molecule has 1 aromatic rings. The van der Waals surface area contributed by atoms with Gasteiger partial charge in [0.2, 0.25) is 0 Å². The fourth-order valence-corrected chi connectivity index (χ4v) is 5.80. The lowest BCUT2D eigenvalue weighted by atomic mass is 10.1. The number of nitrogens with zero attached hydrogens (tertiary/aromatic N) is 4. The standard InChI is InChI=1S/C28H43F3N4S/c1-4-32(5-2)14-9-15-33-19-21-34(22-20-33)16-10-18-35-17-8-6-7-11-24(3)36-27-13-12-25(23-26(27)35)28(29,30)31/h8,11-13,17,23H,4-7,9-10,14-16,18-22H2,1-3H3/b17-8+,24-11+. The zero-order chi connectivity index (χ0) is 26.0. The Labute approximate surface area is 220 Å². The predicted molar refractivity (Wildman–Crippen MR) is 147 cm³/mol. The van der Waals surface area contributed by atoms with Crippen LogP contribution in [0.2, 0.25) is 0 Å². The van der Waals surface area contributed by atoms with E-state index in [1.54, 1.807) is 17.8 Å². The van der Waals surface area contributed by atoms with Crippen LogP contribution in [-0.4, -0.2) is 80.1 Å². The molecule has 0 spiro atoms. The molecule has 0 amide bonds. The molecule has 0 atom stereocenters. The minimum atomic E-state index is -4.35.